The van der Waals surface area contributed by atoms with Crippen molar-refractivity contribution in [3.63, 3.8) is 0 Å². The second kappa shape index (κ2) is 9.80. The van der Waals surface area contributed by atoms with Crippen molar-refractivity contribution in [2.24, 2.45) is 0 Å². The van der Waals surface area contributed by atoms with Gasteiger partial charge in [-0.15, -0.1) is 0 Å². The molecule has 0 bridgehead atoms. The number of alkyl halides is 1. The van der Waals surface area contributed by atoms with Crippen LogP contribution in [0.3, 0.4) is 0 Å². The Balaban J connectivity index is 1.42. The Morgan fingerprint density at radius 1 is 1.22 bits per heavy atom. The van der Waals surface area contributed by atoms with E-state index in [0.29, 0.717) is 48.3 Å². The van der Waals surface area contributed by atoms with Gasteiger partial charge in [-0.2, -0.15) is 9.97 Å². The molecule has 3 saturated heterocycles. The highest BCUT2D eigenvalue weighted by Crippen LogP contribution is 2.41. The van der Waals surface area contributed by atoms with Crippen LogP contribution in [0.5, 0.6) is 6.01 Å². The largest absolute Gasteiger partial charge is 0.461 e. The van der Waals surface area contributed by atoms with Gasteiger partial charge in [0.25, 0.3) is 0 Å². The SMILES string of the molecule is C[C@@H]1CN(C(=O)OC(C)(C)C)CCN1c1nc(OC[C@@]23CCCN2C[C@H](F)C3)nc2c(F)c(Br)ccc12. The minimum Gasteiger partial charge on any atom is -0.461 e. The van der Waals surface area contributed by atoms with Crippen LogP contribution in [0, 0.1) is 5.82 Å². The number of piperazine rings is 1. The third-order valence-corrected chi connectivity index (χ3v) is 8.11. The number of hydrogen-bond acceptors (Lipinski definition) is 7. The van der Waals surface area contributed by atoms with E-state index in [-0.39, 0.29) is 35.8 Å². The minimum atomic E-state index is -0.868. The number of carbonyl (C=O) groups is 1. The maximum Gasteiger partial charge on any atom is 0.410 e. The zero-order chi connectivity index (χ0) is 26.5. The molecule has 3 fully saturated rings. The van der Waals surface area contributed by atoms with Crippen LogP contribution in [0.2, 0.25) is 0 Å². The molecule has 0 saturated carbocycles. The molecule has 2 aromatic rings. The number of halogens is 3. The lowest BCUT2D eigenvalue weighted by Gasteiger charge is -2.41. The molecule has 11 heteroatoms. The second-order valence-electron chi connectivity index (χ2n) is 11.4. The van der Waals surface area contributed by atoms with E-state index >= 15 is 4.39 Å². The van der Waals surface area contributed by atoms with Gasteiger partial charge in [0, 0.05) is 44.0 Å². The lowest BCUT2D eigenvalue weighted by Crippen LogP contribution is -2.55. The van der Waals surface area contributed by atoms with Gasteiger partial charge in [-0.1, -0.05) is 0 Å². The molecule has 3 aliphatic rings. The monoisotopic (exact) mass is 581 g/mol. The lowest BCUT2D eigenvalue weighted by atomic mass is 9.95. The maximum absolute atomic E-state index is 15.2. The van der Waals surface area contributed by atoms with Gasteiger partial charge in [0.05, 0.1) is 10.0 Å². The molecular weight excluding hydrogens is 548 g/mol. The van der Waals surface area contributed by atoms with E-state index in [0.717, 1.165) is 19.4 Å². The first-order chi connectivity index (χ1) is 17.5. The summed E-state index contributed by atoms with van der Waals surface area (Å²) in [7, 11) is 0. The number of aromatic nitrogens is 2. The molecule has 1 aromatic carbocycles. The van der Waals surface area contributed by atoms with Crippen LogP contribution in [0.1, 0.15) is 47.0 Å². The van der Waals surface area contributed by atoms with Crippen LogP contribution in [-0.2, 0) is 4.74 Å². The number of benzene rings is 1. The minimum absolute atomic E-state index is 0.0739. The van der Waals surface area contributed by atoms with Gasteiger partial charge in [0.2, 0.25) is 0 Å². The number of ether oxygens (including phenoxy) is 2. The number of carbonyl (C=O) groups excluding carboxylic acids is 1. The summed E-state index contributed by atoms with van der Waals surface area (Å²) in [6.07, 6.45) is 1.07. The van der Waals surface area contributed by atoms with E-state index in [1.54, 1.807) is 17.0 Å². The molecular formula is C26H34BrF2N5O3. The molecule has 3 atom stereocenters. The van der Waals surface area contributed by atoms with E-state index in [1.165, 1.54) is 0 Å². The first kappa shape index (κ1) is 26.3. The Morgan fingerprint density at radius 3 is 2.73 bits per heavy atom. The molecule has 1 amide bonds. The quantitative estimate of drug-likeness (QED) is 0.507. The van der Waals surface area contributed by atoms with Crippen molar-refractivity contribution < 1.29 is 23.0 Å². The summed E-state index contributed by atoms with van der Waals surface area (Å²) in [5.41, 5.74) is -0.778. The Bertz CT molecular complexity index is 1190. The fourth-order valence-corrected chi connectivity index (χ4v) is 6.12. The topological polar surface area (TPSA) is 71.0 Å². The molecule has 1 aromatic heterocycles. The fraction of sp³-hybridized carbons (Fsp3) is 0.654. The molecule has 4 heterocycles. The van der Waals surface area contributed by atoms with Gasteiger partial charge in [-0.05, 0) is 75.1 Å². The number of amides is 1. The van der Waals surface area contributed by atoms with E-state index < -0.39 is 17.6 Å². The van der Waals surface area contributed by atoms with Gasteiger partial charge in [0.15, 0.2) is 5.82 Å². The molecule has 5 rings (SSSR count). The average molecular weight is 582 g/mol. The highest BCUT2D eigenvalue weighted by molar-refractivity contribution is 9.10. The van der Waals surface area contributed by atoms with Crippen molar-refractivity contribution in [2.45, 2.75) is 70.3 Å². The lowest BCUT2D eigenvalue weighted by molar-refractivity contribution is 0.0218. The van der Waals surface area contributed by atoms with Gasteiger partial charge in [0.1, 0.15) is 29.7 Å². The Kier molecular flexibility index (Phi) is 6.97. The van der Waals surface area contributed by atoms with Crippen molar-refractivity contribution >= 4 is 38.7 Å². The first-order valence-electron chi connectivity index (χ1n) is 12.9. The van der Waals surface area contributed by atoms with Crippen molar-refractivity contribution in [1.82, 2.24) is 19.8 Å². The molecule has 3 aliphatic heterocycles. The molecule has 0 spiro atoms. The summed E-state index contributed by atoms with van der Waals surface area (Å²) in [5, 5.41) is 0.566. The highest BCUT2D eigenvalue weighted by atomic mass is 79.9. The summed E-state index contributed by atoms with van der Waals surface area (Å²) in [5.74, 6) is 0.0645. The van der Waals surface area contributed by atoms with E-state index in [2.05, 4.69) is 30.7 Å². The number of hydrogen-bond donors (Lipinski definition) is 0. The van der Waals surface area contributed by atoms with Gasteiger partial charge in [-0.25, -0.2) is 13.6 Å². The van der Waals surface area contributed by atoms with Gasteiger partial charge < -0.3 is 19.3 Å². The molecule has 8 nitrogen and oxygen atoms in total. The summed E-state index contributed by atoms with van der Waals surface area (Å²) in [6, 6.07) is 3.40. The molecule has 0 N–H and O–H groups in total. The van der Waals surface area contributed by atoms with Crippen molar-refractivity contribution in [3.8, 4) is 6.01 Å². The third-order valence-electron chi connectivity index (χ3n) is 7.50. The van der Waals surface area contributed by atoms with E-state index in [1.807, 2.05) is 27.7 Å². The second-order valence-corrected chi connectivity index (χ2v) is 12.3. The van der Waals surface area contributed by atoms with Gasteiger partial charge >= 0.3 is 12.1 Å². The zero-order valence-electron chi connectivity index (χ0n) is 21.8. The Labute approximate surface area is 224 Å². The molecule has 0 radical (unpaired) electrons. The number of nitrogens with zero attached hydrogens (tertiary/aromatic N) is 5. The summed E-state index contributed by atoms with van der Waals surface area (Å²) in [6.45, 7) is 10.4. The summed E-state index contributed by atoms with van der Waals surface area (Å²) in [4.78, 5) is 27.7. The number of rotatable bonds is 4. The third kappa shape index (κ3) is 5.21. The van der Waals surface area contributed by atoms with Crippen LogP contribution < -0.4 is 9.64 Å². The molecule has 202 valence electrons. The maximum atomic E-state index is 15.2. The smallest absolute Gasteiger partial charge is 0.410 e. The van der Waals surface area contributed by atoms with E-state index in [4.69, 9.17) is 14.5 Å². The summed E-state index contributed by atoms with van der Waals surface area (Å²) >= 11 is 3.26. The van der Waals surface area contributed by atoms with Gasteiger partial charge in [-0.3, -0.25) is 4.90 Å². The van der Waals surface area contributed by atoms with Crippen molar-refractivity contribution in [3.05, 3.63) is 22.4 Å². The first-order valence-corrected chi connectivity index (χ1v) is 13.7. The number of fused-ring (bicyclic) bond motifs is 2. The molecule has 0 aliphatic carbocycles. The molecule has 0 unspecified atom stereocenters. The number of anilines is 1. The standard InChI is InChI=1S/C26H34BrF2N5O3/c1-16-13-32(24(35)37-25(2,3)4)10-11-34(16)22-18-6-7-19(27)20(29)21(18)30-23(31-22)36-15-26-8-5-9-33(26)14-17(28)12-26/h6-7,16-17H,5,8-15H2,1-4H3/t16-,17-,26+/m1/s1. The van der Waals surface area contributed by atoms with Crippen LogP contribution in [0.15, 0.2) is 16.6 Å². The normalized spacial score (nSPS) is 26.6. The highest BCUT2D eigenvalue weighted by Gasteiger charge is 2.49. The molecule has 37 heavy (non-hydrogen) atoms. The van der Waals surface area contributed by atoms with Crippen molar-refractivity contribution in [2.75, 3.05) is 44.2 Å². The van der Waals surface area contributed by atoms with Crippen LogP contribution in [0.25, 0.3) is 10.9 Å². The fourth-order valence-electron chi connectivity index (χ4n) is 5.80. The Hall–Kier alpha value is -2.27. The van der Waals surface area contributed by atoms with Crippen LogP contribution in [0.4, 0.5) is 19.4 Å². The predicted molar refractivity (Wildman–Crippen MR) is 140 cm³/mol. The summed E-state index contributed by atoms with van der Waals surface area (Å²) < 4.78 is 41.4. The average Bonchev–Trinajstić information content (AvgIpc) is 3.34. The van der Waals surface area contributed by atoms with E-state index in [9.17, 15) is 9.18 Å². The Morgan fingerprint density at radius 2 is 2.00 bits per heavy atom. The predicted octanol–water partition coefficient (Wildman–Crippen LogP) is 4.93. The van der Waals surface area contributed by atoms with Crippen LogP contribution in [-0.4, -0.2) is 88.5 Å². The zero-order valence-corrected chi connectivity index (χ0v) is 23.4. The van der Waals surface area contributed by atoms with Crippen molar-refractivity contribution in [1.29, 1.82) is 0 Å². The van der Waals surface area contributed by atoms with Crippen LogP contribution >= 0.6 is 15.9 Å².